The van der Waals surface area contributed by atoms with Gasteiger partial charge in [-0.05, 0) is 21.0 Å². The predicted molar refractivity (Wildman–Crippen MR) is 59.8 cm³/mol. The first-order valence-electron chi connectivity index (χ1n) is 4.84. The monoisotopic (exact) mass is 214 g/mol. The number of hydrogen-bond donors (Lipinski definition) is 1. The summed E-state index contributed by atoms with van der Waals surface area (Å²) >= 11 is 1.68. The van der Waals surface area contributed by atoms with Crippen LogP contribution in [0.5, 0.6) is 0 Å². The van der Waals surface area contributed by atoms with Gasteiger partial charge in [-0.25, -0.2) is 4.98 Å². The van der Waals surface area contributed by atoms with Gasteiger partial charge in [0.05, 0.1) is 16.8 Å². The maximum atomic E-state index is 9.19. The maximum Gasteiger partial charge on any atom is 0.0941 e. The smallest absolute Gasteiger partial charge is 0.0941 e. The summed E-state index contributed by atoms with van der Waals surface area (Å²) in [6.45, 7) is 2.82. The summed E-state index contributed by atoms with van der Waals surface area (Å²) in [7, 11) is 4.12. The lowest BCUT2D eigenvalue weighted by Gasteiger charge is -2.06. The first kappa shape index (κ1) is 11.6. The van der Waals surface area contributed by atoms with E-state index in [4.69, 9.17) is 0 Å². The number of rotatable bonds is 5. The van der Waals surface area contributed by atoms with Crippen LogP contribution in [0.1, 0.15) is 17.6 Å². The van der Waals surface area contributed by atoms with E-state index in [0.717, 1.165) is 23.7 Å². The van der Waals surface area contributed by atoms with E-state index in [2.05, 4.69) is 24.0 Å². The van der Waals surface area contributed by atoms with Crippen molar-refractivity contribution in [2.24, 2.45) is 0 Å². The molecule has 0 bridgehead atoms. The minimum Gasteiger partial charge on any atom is -0.393 e. The molecule has 0 spiro atoms. The average molecular weight is 214 g/mol. The zero-order valence-electron chi connectivity index (χ0n) is 9.03. The molecule has 0 aromatic carbocycles. The molecule has 0 saturated carbocycles. The van der Waals surface area contributed by atoms with Gasteiger partial charge in [0.15, 0.2) is 0 Å². The molecule has 0 amide bonds. The summed E-state index contributed by atoms with van der Waals surface area (Å²) in [5.74, 6) is 0. The number of likely N-dealkylation sites (N-methyl/N-ethyl adjacent to an activating group) is 1. The van der Waals surface area contributed by atoms with Gasteiger partial charge in [0.2, 0.25) is 0 Å². The molecule has 1 atom stereocenters. The summed E-state index contributed by atoms with van der Waals surface area (Å²) in [5.41, 5.74) is 1.01. The molecular formula is C10H18N2OS. The Balaban J connectivity index is 2.42. The van der Waals surface area contributed by atoms with Crippen LogP contribution in [0, 0.1) is 0 Å². The molecule has 14 heavy (non-hydrogen) atoms. The van der Waals surface area contributed by atoms with Crippen LogP contribution in [0.25, 0.3) is 0 Å². The van der Waals surface area contributed by atoms with E-state index in [-0.39, 0.29) is 6.10 Å². The van der Waals surface area contributed by atoms with Crippen molar-refractivity contribution < 1.29 is 5.11 Å². The Labute approximate surface area is 89.4 Å². The second-order valence-electron chi connectivity index (χ2n) is 3.84. The summed E-state index contributed by atoms with van der Waals surface area (Å²) in [4.78, 5) is 6.60. The maximum absolute atomic E-state index is 9.19. The van der Waals surface area contributed by atoms with Gasteiger partial charge in [-0.3, -0.25) is 0 Å². The molecule has 1 rings (SSSR count). The summed E-state index contributed by atoms with van der Waals surface area (Å²) in [6, 6.07) is 0. The predicted octanol–water partition coefficient (Wildman–Crippen LogP) is 1.17. The molecule has 0 radical (unpaired) electrons. The van der Waals surface area contributed by atoms with Crippen molar-refractivity contribution in [3.05, 3.63) is 16.1 Å². The van der Waals surface area contributed by atoms with Crippen molar-refractivity contribution in [2.75, 3.05) is 20.6 Å². The van der Waals surface area contributed by atoms with Crippen LogP contribution in [-0.4, -0.2) is 41.7 Å². The Hall–Kier alpha value is -0.450. The fourth-order valence-electron chi connectivity index (χ4n) is 1.18. The second-order valence-corrected chi connectivity index (χ2v) is 4.78. The lowest BCUT2D eigenvalue weighted by molar-refractivity contribution is 0.194. The van der Waals surface area contributed by atoms with Crippen molar-refractivity contribution in [1.29, 1.82) is 0 Å². The molecule has 1 aromatic heterocycles. The average Bonchev–Trinajstić information content (AvgIpc) is 2.47. The molecule has 0 saturated heterocycles. The van der Waals surface area contributed by atoms with Crippen LogP contribution in [-0.2, 0) is 12.8 Å². The van der Waals surface area contributed by atoms with E-state index in [1.54, 1.807) is 18.3 Å². The van der Waals surface area contributed by atoms with Gasteiger partial charge in [0, 0.05) is 24.8 Å². The van der Waals surface area contributed by atoms with Gasteiger partial charge in [0.25, 0.3) is 0 Å². The van der Waals surface area contributed by atoms with Crippen LogP contribution >= 0.6 is 11.3 Å². The van der Waals surface area contributed by atoms with Crippen LogP contribution < -0.4 is 0 Å². The SMILES string of the molecule is CC(O)Cc1csc(CCN(C)C)n1. The van der Waals surface area contributed by atoms with Crippen molar-refractivity contribution >= 4 is 11.3 Å². The Morgan fingerprint density at radius 3 is 2.86 bits per heavy atom. The zero-order valence-corrected chi connectivity index (χ0v) is 9.84. The fraction of sp³-hybridized carbons (Fsp3) is 0.700. The Morgan fingerprint density at radius 1 is 1.57 bits per heavy atom. The van der Waals surface area contributed by atoms with Gasteiger partial charge in [-0.15, -0.1) is 11.3 Å². The van der Waals surface area contributed by atoms with E-state index < -0.39 is 0 Å². The van der Waals surface area contributed by atoms with E-state index in [0.29, 0.717) is 6.42 Å². The highest BCUT2D eigenvalue weighted by atomic mass is 32.1. The molecule has 1 aromatic rings. The van der Waals surface area contributed by atoms with Crippen molar-refractivity contribution in [2.45, 2.75) is 25.9 Å². The summed E-state index contributed by atoms with van der Waals surface area (Å²) in [6.07, 6.45) is 1.37. The van der Waals surface area contributed by atoms with Gasteiger partial charge in [-0.2, -0.15) is 0 Å². The molecule has 1 unspecified atom stereocenters. The number of aromatic nitrogens is 1. The number of hydrogen-bond acceptors (Lipinski definition) is 4. The van der Waals surface area contributed by atoms with Crippen molar-refractivity contribution in [3.8, 4) is 0 Å². The molecule has 0 fully saturated rings. The molecule has 0 aliphatic rings. The number of aliphatic hydroxyl groups is 1. The van der Waals surface area contributed by atoms with Crippen LogP contribution in [0.2, 0.25) is 0 Å². The van der Waals surface area contributed by atoms with Crippen LogP contribution in [0.4, 0.5) is 0 Å². The normalized spacial score (nSPS) is 13.5. The lowest BCUT2D eigenvalue weighted by atomic mass is 10.2. The topological polar surface area (TPSA) is 36.4 Å². The molecule has 1 N–H and O–H groups in total. The number of aliphatic hydroxyl groups excluding tert-OH is 1. The van der Waals surface area contributed by atoms with Gasteiger partial charge < -0.3 is 10.0 Å². The first-order valence-corrected chi connectivity index (χ1v) is 5.72. The Bertz CT molecular complexity index is 271. The highest BCUT2D eigenvalue weighted by Crippen LogP contribution is 2.12. The summed E-state index contributed by atoms with van der Waals surface area (Å²) in [5, 5.41) is 12.4. The molecule has 0 aliphatic carbocycles. The van der Waals surface area contributed by atoms with E-state index in [1.165, 1.54) is 0 Å². The largest absolute Gasteiger partial charge is 0.393 e. The molecule has 0 aliphatic heterocycles. The standard InChI is InChI=1S/C10H18N2OS/c1-8(13)6-9-7-14-10(11-9)4-5-12(2)3/h7-8,13H,4-6H2,1-3H3. The van der Waals surface area contributed by atoms with Crippen LogP contribution in [0.15, 0.2) is 5.38 Å². The number of thiazole rings is 1. The lowest BCUT2D eigenvalue weighted by Crippen LogP contribution is -2.15. The van der Waals surface area contributed by atoms with E-state index >= 15 is 0 Å². The minimum atomic E-state index is -0.293. The van der Waals surface area contributed by atoms with E-state index in [1.807, 2.05) is 5.38 Å². The Morgan fingerprint density at radius 2 is 2.29 bits per heavy atom. The molecule has 3 nitrogen and oxygen atoms in total. The minimum absolute atomic E-state index is 0.293. The highest BCUT2D eigenvalue weighted by Gasteiger charge is 2.05. The van der Waals surface area contributed by atoms with E-state index in [9.17, 15) is 5.11 Å². The van der Waals surface area contributed by atoms with Gasteiger partial charge in [-0.1, -0.05) is 0 Å². The third-order valence-corrected chi connectivity index (χ3v) is 2.83. The van der Waals surface area contributed by atoms with Gasteiger partial charge >= 0.3 is 0 Å². The number of nitrogens with zero attached hydrogens (tertiary/aromatic N) is 2. The third kappa shape index (κ3) is 4.17. The summed E-state index contributed by atoms with van der Waals surface area (Å²) < 4.78 is 0. The van der Waals surface area contributed by atoms with Gasteiger partial charge in [0.1, 0.15) is 0 Å². The Kier molecular flexibility index (Phi) is 4.51. The van der Waals surface area contributed by atoms with Crippen molar-refractivity contribution in [3.63, 3.8) is 0 Å². The quantitative estimate of drug-likeness (QED) is 0.799. The van der Waals surface area contributed by atoms with Crippen molar-refractivity contribution in [1.82, 2.24) is 9.88 Å². The molecule has 80 valence electrons. The fourth-order valence-corrected chi connectivity index (χ4v) is 1.98. The third-order valence-electron chi connectivity index (χ3n) is 1.88. The van der Waals surface area contributed by atoms with Crippen LogP contribution in [0.3, 0.4) is 0 Å². The highest BCUT2D eigenvalue weighted by molar-refractivity contribution is 7.09. The molecule has 4 heteroatoms. The zero-order chi connectivity index (χ0) is 10.6. The second kappa shape index (κ2) is 5.44. The molecule has 1 heterocycles. The molecular weight excluding hydrogens is 196 g/mol. The first-order chi connectivity index (χ1) is 6.58.